The number of hydrogen-bond acceptors (Lipinski definition) is 8. The van der Waals surface area contributed by atoms with Gasteiger partial charge in [-0.25, -0.2) is 9.78 Å². The van der Waals surface area contributed by atoms with Crippen molar-refractivity contribution in [2.75, 3.05) is 11.6 Å². The summed E-state index contributed by atoms with van der Waals surface area (Å²) in [4.78, 5) is 60.0. The lowest BCUT2D eigenvalue weighted by Crippen LogP contribution is -2.57. The molecule has 44 heavy (non-hydrogen) atoms. The van der Waals surface area contributed by atoms with Crippen LogP contribution in [0.1, 0.15) is 34.8 Å². The topological polar surface area (TPSA) is 118 Å². The second-order valence-electron chi connectivity index (χ2n) is 10.9. The first kappa shape index (κ1) is 31.2. The highest BCUT2D eigenvalue weighted by molar-refractivity contribution is 7.99. The Morgan fingerprint density at radius 2 is 1.59 bits per heavy atom. The predicted octanol–water partition coefficient (Wildman–Crippen LogP) is 5.26. The Kier molecular flexibility index (Phi) is 10.3. The van der Waals surface area contributed by atoms with Crippen LogP contribution in [0.3, 0.4) is 0 Å². The van der Waals surface area contributed by atoms with Crippen molar-refractivity contribution in [3.63, 3.8) is 0 Å². The molecule has 0 saturated carbocycles. The fourth-order valence-electron chi connectivity index (χ4n) is 4.91. The molecule has 1 aromatic heterocycles. The summed E-state index contributed by atoms with van der Waals surface area (Å²) in [6.07, 6.45) is -1.15. The molecule has 3 amide bonds. The lowest BCUT2D eigenvalue weighted by molar-refractivity contribution is -0.136. The lowest BCUT2D eigenvalue weighted by atomic mass is 9.94. The van der Waals surface area contributed by atoms with Gasteiger partial charge in [0.2, 0.25) is 17.6 Å². The minimum atomic E-state index is -1.03. The van der Waals surface area contributed by atoms with E-state index in [1.807, 2.05) is 98.8 Å². The number of carbonyl (C=O) groups is 4. The summed E-state index contributed by atoms with van der Waals surface area (Å²) in [7, 11) is 0. The molecule has 1 aliphatic heterocycles. The van der Waals surface area contributed by atoms with E-state index in [2.05, 4.69) is 15.6 Å². The van der Waals surface area contributed by atoms with E-state index in [1.165, 1.54) is 23.1 Å². The van der Waals surface area contributed by atoms with Crippen molar-refractivity contribution in [1.82, 2.24) is 20.5 Å². The molecule has 1 aliphatic rings. The second kappa shape index (κ2) is 14.5. The Balaban J connectivity index is 1.29. The number of ketones is 1. The predicted molar refractivity (Wildman–Crippen MR) is 172 cm³/mol. The van der Waals surface area contributed by atoms with Crippen LogP contribution in [0.15, 0.2) is 84.9 Å². The molecule has 4 aromatic rings. The number of aromatic nitrogens is 1. The van der Waals surface area contributed by atoms with Crippen LogP contribution < -0.4 is 10.6 Å². The summed E-state index contributed by atoms with van der Waals surface area (Å²) < 4.78 is 6.22. The van der Waals surface area contributed by atoms with E-state index in [0.29, 0.717) is 17.1 Å². The van der Waals surface area contributed by atoms with Crippen LogP contribution in [0.4, 0.5) is 4.79 Å². The number of amides is 3. The van der Waals surface area contributed by atoms with Crippen molar-refractivity contribution in [1.29, 1.82) is 0 Å². The first-order chi connectivity index (χ1) is 21.3. The van der Waals surface area contributed by atoms with Crippen LogP contribution in [0.25, 0.3) is 10.2 Å². The van der Waals surface area contributed by atoms with Gasteiger partial charge in [-0.2, -0.15) is 0 Å². The minimum Gasteiger partial charge on any atom is -0.445 e. The van der Waals surface area contributed by atoms with E-state index >= 15 is 0 Å². The lowest BCUT2D eigenvalue weighted by Gasteiger charge is -2.31. The molecule has 3 atom stereocenters. The van der Waals surface area contributed by atoms with Crippen molar-refractivity contribution in [2.24, 2.45) is 11.8 Å². The zero-order valence-electron chi connectivity index (χ0n) is 24.5. The third-order valence-electron chi connectivity index (χ3n) is 7.31. The fourth-order valence-corrected chi connectivity index (χ4v) is 6.96. The van der Waals surface area contributed by atoms with E-state index in [-0.39, 0.29) is 35.6 Å². The van der Waals surface area contributed by atoms with Crippen molar-refractivity contribution < 1.29 is 23.9 Å². The maximum absolute atomic E-state index is 13.8. The third kappa shape index (κ3) is 7.64. The van der Waals surface area contributed by atoms with Crippen molar-refractivity contribution in [3.05, 3.63) is 101 Å². The first-order valence-electron chi connectivity index (χ1n) is 14.4. The second-order valence-corrected chi connectivity index (χ2v) is 12.9. The summed E-state index contributed by atoms with van der Waals surface area (Å²) in [6, 6.07) is 25.3. The largest absolute Gasteiger partial charge is 0.445 e. The van der Waals surface area contributed by atoms with Crippen molar-refractivity contribution >= 4 is 57.0 Å². The fraction of sp³-hybridized carbons (Fsp3) is 0.303. The molecule has 0 aliphatic carbocycles. The van der Waals surface area contributed by atoms with Crippen LogP contribution in [0.2, 0.25) is 0 Å². The average molecular weight is 631 g/mol. The molecule has 0 spiro atoms. The summed E-state index contributed by atoms with van der Waals surface area (Å²) >= 11 is 2.75. The molecule has 9 nitrogen and oxygen atoms in total. The van der Waals surface area contributed by atoms with E-state index in [0.717, 1.165) is 15.8 Å². The molecule has 0 unspecified atom stereocenters. The molecule has 3 aromatic carbocycles. The number of thioether (sulfide) groups is 1. The molecule has 1 fully saturated rings. The number of Topliss-reactive ketones (excluding diaryl/α,β-unsaturated/α-hetero) is 1. The van der Waals surface area contributed by atoms with Crippen molar-refractivity contribution in [2.45, 2.75) is 39.1 Å². The van der Waals surface area contributed by atoms with E-state index in [9.17, 15) is 19.2 Å². The highest BCUT2D eigenvalue weighted by Gasteiger charge is 2.39. The van der Waals surface area contributed by atoms with Gasteiger partial charge in [0.15, 0.2) is 5.01 Å². The first-order valence-corrected chi connectivity index (χ1v) is 16.4. The number of nitrogens with one attached hydrogen (secondary N) is 2. The molecular formula is C33H34N4O5S2. The van der Waals surface area contributed by atoms with Gasteiger partial charge >= 0.3 is 6.09 Å². The number of ether oxygens (including phenoxy) is 1. The average Bonchev–Trinajstić information content (AvgIpc) is 3.69. The Labute approximate surface area is 264 Å². The van der Waals surface area contributed by atoms with Gasteiger partial charge < -0.3 is 20.3 Å². The highest BCUT2D eigenvalue weighted by Crippen LogP contribution is 2.27. The van der Waals surface area contributed by atoms with Gasteiger partial charge in [0.05, 0.1) is 16.1 Å². The standard InChI is InChI=1S/C33H34N4O5S2/c1-21(2)28(36-33(41)42-18-23-13-7-4-8-14-23)32(40)37-20-43-19-27(37)35-30(39)24(17-22-11-5-3-6-12-22)29(38)31-34-25-15-9-10-16-26(25)44-31/h3-16,21,24,27-28H,17-20H2,1-2H3,(H,35,39)(H,36,41)/t24-,27+,28-/m0/s1. The van der Waals surface area contributed by atoms with Crippen LogP contribution in [-0.4, -0.2) is 57.4 Å². The molecule has 5 rings (SSSR count). The SMILES string of the molecule is CC(C)[C@H](NC(=O)OCc1ccccc1)C(=O)N1CSC[C@@H]1NC(=O)[C@@H](Cc1ccccc1)C(=O)c1nc2ccccc2s1. The number of fused-ring (bicyclic) bond motifs is 1. The van der Waals surface area contributed by atoms with Gasteiger partial charge in [-0.15, -0.1) is 23.1 Å². The summed E-state index contributed by atoms with van der Waals surface area (Å²) in [5.74, 6) is -1.65. The number of rotatable bonds is 11. The molecule has 2 heterocycles. The number of benzene rings is 3. The molecular weight excluding hydrogens is 597 g/mol. The maximum atomic E-state index is 13.8. The molecule has 11 heteroatoms. The summed E-state index contributed by atoms with van der Waals surface area (Å²) in [5, 5.41) is 5.95. The molecule has 2 N–H and O–H groups in total. The van der Waals surface area contributed by atoms with Gasteiger partial charge in [0.1, 0.15) is 24.7 Å². The minimum absolute atomic E-state index is 0.0788. The zero-order chi connectivity index (χ0) is 31.1. The Morgan fingerprint density at radius 3 is 2.27 bits per heavy atom. The molecule has 0 radical (unpaired) electrons. The van der Waals surface area contributed by atoms with Gasteiger partial charge in [-0.3, -0.25) is 14.4 Å². The van der Waals surface area contributed by atoms with Crippen LogP contribution in [0, 0.1) is 11.8 Å². The molecule has 0 bridgehead atoms. The molecule has 228 valence electrons. The summed E-state index contributed by atoms with van der Waals surface area (Å²) in [5.41, 5.74) is 2.38. The Morgan fingerprint density at radius 1 is 0.932 bits per heavy atom. The zero-order valence-corrected chi connectivity index (χ0v) is 26.1. The monoisotopic (exact) mass is 630 g/mol. The number of alkyl carbamates (subject to hydrolysis) is 1. The van der Waals surface area contributed by atoms with Crippen LogP contribution in [-0.2, 0) is 27.4 Å². The van der Waals surface area contributed by atoms with E-state index < -0.39 is 30.1 Å². The normalized spacial score (nSPS) is 16.0. The van der Waals surface area contributed by atoms with Crippen LogP contribution in [0.5, 0.6) is 0 Å². The number of nitrogens with zero attached hydrogens (tertiary/aromatic N) is 2. The quantitative estimate of drug-likeness (QED) is 0.171. The molecule has 1 saturated heterocycles. The summed E-state index contributed by atoms with van der Waals surface area (Å²) in [6.45, 7) is 3.75. The van der Waals surface area contributed by atoms with E-state index in [4.69, 9.17) is 4.74 Å². The number of thiazole rings is 1. The smallest absolute Gasteiger partial charge is 0.408 e. The van der Waals surface area contributed by atoms with Gasteiger partial charge in [0, 0.05) is 5.75 Å². The number of para-hydroxylation sites is 1. The van der Waals surface area contributed by atoms with Crippen molar-refractivity contribution in [3.8, 4) is 0 Å². The van der Waals surface area contributed by atoms with Crippen LogP contribution >= 0.6 is 23.1 Å². The number of hydrogen-bond donors (Lipinski definition) is 2. The number of carbonyl (C=O) groups excluding carboxylic acids is 4. The Bertz CT molecular complexity index is 1580. The Hall–Kier alpha value is -4.22. The van der Waals surface area contributed by atoms with Gasteiger partial charge in [0.25, 0.3) is 0 Å². The third-order valence-corrected chi connectivity index (χ3v) is 9.38. The van der Waals surface area contributed by atoms with Gasteiger partial charge in [-0.1, -0.05) is 86.6 Å². The van der Waals surface area contributed by atoms with E-state index in [1.54, 1.807) is 4.90 Å². The maximum Gasteiger partial charge on any atom is 0.408 e. The highest BCUT2D eigenvalue weighted by atomic mass is 32.2. The van der Waals surface area contributed by atoms with Gasteiger partial charge in [-0.05, 0) is 35.6 Å².